The fourth-order valence-corrected chi connectivity index (χ4v) is 4.32. The summed E-state index contributed by atoms with van der Waals surface area (Å²) in [7, 11) is 1.80. The molecule has 0 saturated carbocycles. The Balaban J connectivity index is 1.71. The third-order valence-electron chi connectivity index (χ3n) is 5.75. The van der Waals surface area contributed by atoms with Crippen LogP contribution in [0.15, 0.2) is 41.5 Å². The number of aryl methyl sites for hydroxylation is 3. The fraction of sp³-hybridized carbons (Fsp3) is 0.273. The Hall–Kier alpha value is -4.08. The second kappa shape index (κ2) is 7.56. The van der Waals surface area contributed by atoms with Gasteiger partial charge in [0.05, 0.1) is 11.9 Å². The van der Waals surface area contributed by atoms with E-state index in [1.54, 1.807) is 17.8 Å². The first-order valence-corrected chi connectivity index (χ1v) is 10.4. The first-order valence-electron chi connectivity index (χ1n) is 10.4. The van der Waals surface area contributed by atoms with E-state index in [0.717, 1.165) is 33.2 Å². The van der Waals surface area contributed by atoms with E-state index in [4.69, 9.17) is 0 Å². The maximum atomic E-state index is 13.3. The Bertz CT molecular complexity index is 1500. The molecule has 1 unspecified atom stereocenters. The van der Waals surface area contributed by atoms with Crippen molar-refractivity contribution >= 4 is 27.5 Å². The molecular weight excluding hydrogens is 406 g/mol. The molecule has 5 rings (SSSR count). The molecule has 0 spiro atoms. The van der Waals surface area contributed by atoms with Gasteiger partial charge in [0.15, 0.2) is 0 Å². The number of fused-ring (bicyclic) bond motifs is 3. The van der Waals surface area contributed by atoms with Crippen LogP contribution in [-0.4, -0.2) is 40.0 Å². The molecule has 0 fully saturated rings. The van der Waals surface area contributed by atoms with E-state index in [1.807, 2.05) is 42.9 Å². The third-order valence-corrected chi connectivity index (χ3v) is 5.75. The highest BCUT2D eigenvalue weighted by Crippen LogP contribution is 2.33. The van der Waals surface area contributed by atoms with Crippen molar-refractivity contribution in [1.29, 1.82) is 0 Å². The number of tetrazole rings is 1. The molecule has 10 nitrogen and oxygen atoms in total. The number of nitrogens with zero attached hydrogens (tertiary/aromatic N) is 7. The number of hydrogen-bond acceptors (Lipinski definition) is 7. The van der Waals surface area contributed by atoms with E-state index < -0.39 is 0 Å². The van der Waals surface area contributed by atoms with Crippen LogP contribution < -0.4 is 10.9 Å². The lowest BCUT2D eigenvalue weighted by Gasteiger charge is -2.20. The van der Waals surface area contributed by atoms with Gasteiger partial charge in [-0.3, -0.25) is 14.3 Å². The SMILES string of the molecule is CCn1ncc2c3c(C(C)Nc4cccnc4-c4nn[nH]n4)cc(C)cc3c(=O)n(C)c21. The summed E-state index contributed by atoms with van der Waals surface area (Å²) in [5.74, 6) is 0.412. The van der Waals surface area contributed by atoms with Crippen molar-refractivity contribution in [3.05, 3.63) is 58.1 Å². The maximum absolute atomic E-state index is 13.3. The first-order chi connectivity index (χ1) is 15.5. The first kappa shape index (κ1) is 19.9. The van der Waals surface area contributed by atoms with E-state index in [1.165, 1.54) is 0 Å². The molecule has 2 N–H and O–H groups in total. The normalized spacial score (nSPS) is 12.5. The molecule has 0 amide bonds. The zero-order valence-corrected chi connectivity index (χ0v) is 18.3. The van der Waals surface area contributed by atoms with Gasteiger partial charge >= 0.3 is 0 Å². The Morgan fingerprint density at radius 3 is 2.84 bits per heavy atom. The van der Waals surface area contributed by atoms with Crippen molar-refractivity contribution in [3.8, 4) is 11.5 Å². The number of H-pyrrole nitrogens is 1. The summed E-state index contributed by atoms with van der Waals surface area (Å²) >= 11 is 0. The molecule has 162 valence electrons. The molecule has 1 aromatic carbocycles. The highest BCUT2D eigenvalue weighted by atomic mass is 16.1. The van der Waals surface area contributed by atoms with Crippen molar-refractivity contribution < 1.29 is 0 Å². The maximum Gasteiger partial charge on any atom is 0.259 e. The van der Waals surface area contributed by atoms with Gasteiger partial charge < -0.3 is 5.32 Å². The fourth-order valence-electron chi connectivity index (χ4n) is 4.32. The van der Waals surface area contributed by atoms with Crippen LogP contribution in [0.25, 0.3) is 33.3 Å². The number of aromatic nitrogens is 8. The largest absolute Gasteiger partial charge is 0.377 e. The van der Waals surface area contributed by atoms with Crippen molar-refractivity contribution in [3.63, 3.8) is 0 Å². The number of anilines is 1. The van der Waals surface area contributed by atoms with Gasteiger partial charge in [-0.05, 0) is 55.3 Å². The topological polar surface area (TPSA) is 119 Å². The van der Waals surface area contributed by atoms with Crippen LogP contribution in [0.5, 0.6) is 0 Å². The van der Waals surface area contributed by atoms with Gasteiger partial charge in [-0.15, -0.1) is 10.2 Å². The van der Waals surface area contributed by atoms with E-state index in [-0.39, 0.29) is 11.6 Å². The Kier molecular flexibility index (Phi) is 4.69. The van der Waals surface area contributed by atoms with Gasteiger partial charge in [-0.25, -0.2) is 4.68 Å². The molecule has 0 bridgehead atoms. The lowest BCUT2D eigenvalue weighted by molar-refractivity contribution is 0.659. The van der Waals surface area contributed by atoms with Crippen LogP contribution >= 0.6 is 0 Å². The van der Waals surface area contributed by atoms with Gasteiger partial charge in [0.2, 0.25) is 5.82 Å². The van der Waals surface area contributed by atoms with Crippen molar-refractivity contribution in [2.24, 2.45) is 7.05 Å². The summed E-state index contributed by atoms with van der Waals surface area (Å²) in [5.41, 5.74) is 4.20. The lowest BCUT2D eigenvalue weighted by atomic mass is 9.95. The molecule has 4 heterocycles. The predicted molar refractivity (Wildman–Crippen MR) is 122 cm³/mol. The second-order valence-corrected chi connectivity index (χ2v) is 7.84. The molecule has 10 heteroatoms. The van der Waals surface area contributed by atoms with Gasteiger partial charge in [0.25, 0.3) is 5.56 Å². The summed E-state index contributed by atoms with van der Waals surface area (Å²) in [4.78, 5) is 17.7. The average Bonchev–Trinajstić information content (AvgIpc) is 3.47. The quantitative estimate of drug-likeness (QED) is 0.441. The van der Waals surface area contributed by atoms with Crippen LogP contribution in [0.2, 0.25) is 0 Å². The number of hydrogen-bond donors (Lipinski definition) is 2. The average molecular weight is 429 g/mol. The molecule has 1 atom stereocenters. The van der Waals surface area contributed by atoms with Gasteiger partial charge in [-0.2, -0.15) is 10.3 Å². The smallest absolute Gasteiger partial charge is 0.259 e. The number of nitrogens with one attached hydrogen (secondary N) is 2. The molecule has 0 aliphatic rings. The Labute approximate surface area is 183 Å². The zero-order chi connectivity index (χ0) is 22.4. The number of rotatable bonds is 5. The van der Waals surface area contributed by atoms with Crippen LogP contribution in [0, 0.1) is 6.92 Å². The molecule has 5 aromatic rings. The standard InChI is InChI=1S/C22H23N9O/c1-5-31-21-16(11-24-31)18-14(9-12(2)10-15(18)22(32)30(21)4)13(3)25-17-7-6-8-23-19(17)20-26-28-29-27-20/h6-11,13,25H,5H2,1-4H3,(H,26,27,28,29). The van der Waals surface area contributed by atoms with Crippen molar-refractivity contribution in [2.45, 2.75) is 33.4 Å². The summed E-state index contributed by atoms with van der Waals surface area (Å²) < 4.78 is 3.54. The monoisotopic (exact) mass is 429 g/mol. The summed E-state index contributed by atoms with van der Waals surface area (Å²) in [6.45, 7) is 6.77. The number of pyridine rings is 2. The number of benzene rings is 1. The van der Waals surface area contributed by atoms with Crippen molar-refractivity contribution in [2.75, 3.05) is 5.32 Å². The minimum Gasteiger partial charge on any atom is -0.377 e. The Morgan fingerprint density at radius 1 is 1.25 bits per heavy atom. The van der Waals surface area contributed by atoms with E-state index in [2.05, 4.69) is 49.0 Å². The molecule has 32 heavy (non-hydrogen) atoms. The summed E-state index contributed by atoms with van der Waals surface area (Å²) in [6.07, 6.45) is 3.54. The molecule has 0 aliphatic heterocycles. The number of aromatic amines is 1. The van der Waals surface area contributed by atoms with Gasteiger partial charge in [0, 0.05) is 42.0 Å². The van der Waals surface area contributed by atoms with Gasteiger partial charge in [-0.1, -0.05) is 6.07 Å². The predicted octanol–water partition coefficient (Wildman–Crippen LogP) is 2.96. The Morgan fingerprint density at radius 2 is 2.09 bits per heavy atom. The van der Waals surface area contributed by atoms with Crippen LogP contribution in [0.3, 0.4) is 0 Å². The summed E-state index contributed by atoms with van der Waals surface area (Å²) in [6, 6.07) is 7.72. The van der Waals surface area contributed by atoms with Crippen LogP contribution in [0.1, 0.15) is 31.0 Å². The van der Waals surface area contributed by atoms with Crippen LogP contribution in [-0.2, 0) is 13.6 Å². The molecule has 4 aromatic heterocycles. The molecule has 0 saturated heterocycles. The van der Waals surface area contributed by atoms with Gasteiger partial charge in [0.1, 0.15) is 11.3 Å². The minimum atomic E-state index is -0.132. The van der Waals surface area contributed by atoms with Crippen molar-refractivity contribution in [1.82, 2.24) is 40.0 Å². The van der Waals surface area contributed by atoms with Crippen LogP contribution in [0.4, 0.5) is 5.69 Å². The molecule has 0 aliphatic carbocycles. The second-order valence-electron chi connectivity index (χ2n) is 7.84. The van der Waals surface area contributed by atoms with E-state index in [9.17, 15) is 4.79 Å². The third kappa shape index (κ3) is 3.03. The highest BCUT2D eigenvalue weighted by molar-refractivity contribution is 6.07. The highest BCUT2D eigenvalue weighted by Gasteiger charge is 2.20. The van der Waals surface area contributed by atoms with E-state index >= 15 is 0 Å². The minimum absolute atomic E-state index is 0.0336. The molecule has 0 radical (unpaired) electrons. The summed E-state index contributed by atoms with van der Waals surface area (Å²) in [5, 5.41) is 24.8. The lowest BCUT2D eigenvalue weighted by Crippen LogP contribution is -2.20. The zero-order valence-electron chi connectivity index (χ0n) is 18.3. The molecular formula is C22H23N9O. The van der Waals surface area contributed by atoms with E-state index in [0.29, 0.717) is 23.4 Å².